The smallest absolute Gasteiger partial charge is 0.218 e. The summed E-state index contributed by atoms with van der Waals surface area (Å²) in [5, 5.41) is 2.82. The molecule has 1 aliphatic rings. The maximum absolute atomic E-state index is 12.3. The Morgan fingerprint density at radius 1 is 1.59 bits per heavy atom. The Hall–Kier alpha value is -0.850. The summed E-state index contributed by atoms with van der Waals surface area (Å²) in [6, 6.07) is 3.54. The third-order valence-electron chi connectivity index (χ3n) is 3.07. The van der Waals surface area contributed by atoms with Crippen molar-refractivity contribution in [3.8, 4) is 0 Å². The SMILES string of the molecule is CN(Cc1ccco1)S(=O)(=O)C1CCCNC1. The molecule has 1 unspecified atom stereocenters. The van der Waals surface area contributed by atoms with Crippen molar-refractivity contribution >= 4 is 10.0 Å². The molecule has 1 fully saturated rings. The second-order valence-electron chi connectivity index (χ2n) is 4.35. The van der Waals surface area contributed by atoms with Crippen molar-refractivity contribution in [2.45, 2.75) is 24.6 Å². The van der Waals surface area contributed by atoms with Gasteiger partial charge in [-0.15, -0.1) is 0 Å². The molecule has 0 amide bonds. The number of rotatable bonds is 4. The van der Waals surface area contributed by atoms with Crippen molar-refractivity contribution in [2.75, 3.05) is 20.1 Å². The Bertz CT molecular complexity index is 435. The van der Waals surface area contributed by atoms with Gasteiger partial charge in [-0.25, -0.2) is 8.42 Å². The van der Waals surface area contributed by atoms with Crippen molar-refractivity contribution in [1.29, 1.82) is 0 Å². The second kappa shape index (κ2) is 5.20. The van der Waals surface area contributed by atoms with Gasteiger partial charge in [0.25, 0.3) is 0 Å². The molecule has 5 nitrogen and oxygen atoms in total. The largest absolute Gasteiger partial charge is 0.468 e. The molecule has 1 aromatic rings. The van der Waals surface area contributed by atoms with E-state index in [4.69, 9.17) is 4.42 Å². The van der Waals surface area contributed by atoms with Gasteiger partial charge in [0.1, 0.15) is 5.76 Å². The fourth-order valence-corrected chi connectivity index (χ4v) is 3.65. The summed E-state index contributed by atoms with van der Waals surface area (Å²) < 4.78 is 31.1. The Balaban J connectivity index is 2.03. The van der Waals surface area contributed by atoms with Crippen LogP contribution in [0.15, 0.2) is 22.8 Å². The highest BCUT2D eigenvalue weighted by Crippen LogP contribution is 2.17. The van der Waals surface area contributed by atoms with Gasteiger partial charge in [-0.05, 0) is 31.5 Å². The minimum absolute atomic E-state index is 0.297. The van der Waals surface area contributed by atoms with Gasteiger partial charge >= 0.3 is 0 Å². The highest BCUT2D eigenvalue weighted by Gasteiger charge is 2.31. The number of sulfonamides is 1. The van der Waals surface area contributed by atoms with Gasteiger partial charge in [-0.3, -0.25) is 0 Å². The number of nitrogens with zero attached hydrogens (tertiary/aromatic N) is 1. The van der Waals surface area contributed by atoms with Crippen LogP contribution in [-0.4, -0.2) is 38.1 Å². The molecule has 1 atom stereocenters. The zero-order chi connectivity index (χ0) is 12.3. The number of furan rings is 1. The fourth-order valence-electron chi connectivity index (χ4n) is 2.04. The molecule has 0 radical (unpaired) electrons. The highest BCUT2D eigenvalue weighted by atomic mass is 32.2. The van der Waals surface area contributed by atoms with E-state index in [0.29, 0.717) is 18.8 Å². The van der Waals surface area contributed by atoms with E-state index < -0.39 is 10.0 Å². The lowest BCUT2D eigenvalue weighted by atomic mass is 10.2. The molecule has 0 spiro atoms. The summed E-state index contributed by atoms with van der Waals surface area (Å²) in [5.41, 5.74) is 0. The van der Waals surface area contributed by atoms with Gasteiger partial charge < -0.3 is 9.73 Å². The van der Waals surface area contributed by atoms with E-state index in [1.54, 1.807) is 25.4 Å². The topological polar surface area (TPSA) is 62.6 Å². The standard InChI is InChI=1S/C11H18N2O3S/c1-13(9-10-4-3-7-16-10)17(14,15)11-5-2-6-12-8-11/h3-4,7,11-12H,2,5-6,8-9H2,1H3. The van der Waals surface area contributed by atoms with Crippen LogP contribution in [0.4, 0.5) is 0 Å². The van der Waals surface area contributed by atoms with E-state index in [2.05, 4.69) is 5.32 Å². The quantitative estimate of drug-likeness (QED) is 0.867. The summed E-state index contributed by atoms with van der Waals surface area (Å²) in [7, 11) is -1.62. The van der Waals surface area contributed by atoms with Gasteiger partial charge in [0.2, 0.25) is 10.0 Å². The van der Waals surface area contributed by atoms with E-state index in [1.807, 2.05) is 0 Å². The number of hydrogen-bond donors (Lipinski definition) is 1. The van der Waals surface area contributed by atoms with E-state index in [-0.39, 0.29) is 5.25 Å². The summed E-state index contributed by atoms with van der Waals surface area (Å²) in [6.45, 7) is 1.75. The highest BCUT2D eigenvalue weighted by molar-refractivity contribution is 7.89. The van der Waals surface area contributed by atoms with Gasteiger partial charge in [0.05, 0.1) is 18.1 Å². The van der Waals surface area contributed by atoms with Gasteiger partial charge in [-0.2, -0.15) is 4.31 Å². The Labute approximate surface area is 102 Å². The minimum atomic E-state index is -3.23. The monoisotopic (exact) mass is 258 g/mol. The van der Waals surface area contributed by atoms with Crippen LogP contribution in [0.1, 0.15) is 18.6 Å². The molecule has 0 bridgehead atoms. The molecule has 0 aromatic carbocycles. The summed E-state index contributed by atoms with van der Waals surface area (Å²) in [6.07, 6.45) is 3.20. The van der Waals surface area contributed by atoms with Crippen LogP contribution in [0.3, 0.4) is 0 Å². The van der Waals surface area contributed by atoms with Crippen molar-refractivity contribution in [2.24, 2.45) is 0 Å². The molecule has 2 rings (SSSR count). The molecule has 0 aliphatic carbocycles. The van der Waals surface area contributed by atoms with E-state index in [0.717, 1.165) is 19.4 Å². The minimum Gasteiger partial charge on any atom is -0.468 e. The average molecular weight is 258 g/mol. The molecular weight excluding hydrogens is 240 g/mol. The molecular formula is C11H18N2O3S. The Morgan fingerprint density at radius 2 is 2.41 bits per heavy atom. The van der Waals surface area contributed by atoms with Crippen LogP contribution in [0.25, 0.3) is 0 Å². The fraction of sp³-hybridized carbons (Fsp3) is 0.636. The third kappa shape index (κ3) is 2.88. The maximum Gasteiger partial charge on any atom is 0.218 e. The van der Waals surface area contributed by atoms with Crippen molar-refractivity contribution < 1.29 is 12.8 Å². The predicted molar refractivity (Wildman–Crippen MR) is 65.0 cm³/mol. The average Bonchev–Trinajstić information content (AvgIpc) is 2.83. The molecule has 0 saturated carbocycles. The van der Waals surface area contributed by atoms with Crippen LogP contribution < -0.4 is 5.32 Å². The zero-order valence-corrected chi connectivity index (χ0v) is 10.7. The molecule has 17 heavy (non-hydrogen) atoms. The number of piperidine rings is 1. The zero-order valence-electron chi connectivity index (χ0n) is 9.93. The van der Waals surface area contributed by atoms with E-state index in [9.17, 15) is 8.42 Å². The van der Waals surface area contributed by atoms with Crippen molar-refractivity contribution in [1.82, 2.24) is 9.62 Å². The molecule has 2 heterocycles. The first-order valence-corrected chi connectivity index (χ1v) is 7.29. The molecule has 1 N–H and O–H groups in total. The second-order valence-corrected chi connectivity index (χ2v) is 6.67. The maximum atomic E-state index is 12.3. The van der Waals surface area contributed by atoms with E-state index in [1.165, 1.54) is 4.31 Å². The molecule has 96 valence electrons. The lowest BCUT2D eigenvalue weighted by molar-refractivity contribution is 0.391. The summed E-state index contributed by atoms with van der Waals surface area (Å²) in [5.74, 6) is 0.667. The van der Waals surface area contributed by atoms with E-state index >= 15 is 0 Å². The van der Waals surface area contributed by atoms with Crippen LogP contribution >= 0.6 is 0 Å². The Morgan fingerprint density at radius 3 is 3.00 bits per heavy atom. The lowest BCUT2D eigenvalue weighted by Crippen LogP contribution is -2.44. The summed E-state index contributed by atoms with van der Waals surface area (Å²) in [4.78, 5) is 0. The number of hydrogen-bond acceptors (Lipinski definition) is 4. The third-order valence-corrected chi connectivity index (χ3v) is 5.31. The first-order valence-electron chi connectivity index (χ1n) is 5.79. The molecule has 1 aromatic heterocycles. The Kier molecular flexibility index (Phi) is 3.86. The number of nitrogens with one attached hydrogen (secondary N) is 1. The van der Waals surface area contributed by atoms with Gasteiger partial charge in [0, 0.05) is 13.6 Å². The normalized spacial score (nSPS) is 21.9. The van der Waals surface area contributed by atoms with Gasteiger partial charge in [-0.1, -0.05) is 0 Å². The van der Waals surface area contributed by atoms with Crippen LogP contribution in [0.2, 0.25) is 0 Å². The first kappa shape index (κ1) is 12.6. The first-order chi connectivity index (χ1) is 8.10. The van der Waals surface area contributed by atoms with Gasteiger partial charge in [0.15, 0.2) is 0 Å². The van der Waals surface area contributed by atoms with Crippen LogP contribution in [0, 0.1) is 0 Å². The lowest BCUT2D eigenvalue weighted by Gasteiger charge is -2.27. The van der Waals surface area contributed by atoms with Crippen molar-refractivity contribution in [3.63, 3.8) is 0 Å². The molecule has 1 aliphatic heterocycles. The van der Waals surface area contributed by atoms with Crippen molar-refractivity contribution in [3.05, 3.63) is 24.2 Å². The van der Waals surface area contributed by atoms with Crippen LogP contribution in [-0.2, 0) is 16.6 Å². The molecule has 1 saturated heterocycles. The van der Waals surface area contributed by atoms with Crippen LogP contribution in [0.5, 0.6) is 0 Å². The molecule has 6 heteroatoms. The predicted octanol–water partition coefficient (Wildman–Crippen LogP) is 0.793. The summed E-state index contributed by atoms with van der Waals surface area (Å²) >= 11 is 0.